The van der Waals surface area contributed by atoms with Crippen molar-refractivity contribution < 1.29 is 4.42 Å². The molecule has 12 rings (SSSR count). The molecule has 0 saturated heterocycles. The Balaban J connectivity index is 0.933. The van der Waals surface area contributed by atoms with Gasteiger partial charge in [0.1, 0.15) is 11.2 Å². The second kappa shape index (κ2) is 14.5. The number of nitrogens with zero attached hydrogens (tertiary/aromatic N) is 1. The van der Waals surface area contributed by atoms with Gasteiger partial charge in [0.25, 0.3) is 0 Å². The Labute approximate surface area is 357 Å². The number of para-hydroxylation sites is 1. The Kier molecular flexibility index (Phi) is 8.39. The third-order valence-electron chi connectivity index (χ3n) is 12.1. The zero-order valence-electron chi connectivity index (χ0n) is 33.1. The molecule has 10 aromatic carbocycles. The zero-order valence-corrected chi connectivity index (χ0v) is 33.9. The molecule has 286 valence electrons. The second-order valence-corrected chi connectivity index (χ2v) is 16.8. The summed E-state index contributed by atoms with van der Waals surface area (Å²) >= 11 is 1.88. The fourth-order valence-corrected chi connectivity index (χ4v) is 10.2. The van der Waals surface area contributed by atoms with Gasteiger partial charge in [-0.05, 0) is 128 Å². The summed E-state index contributed by atoms with van der Waals surface area (Å²) in [6, 6.07) is 81.2. The maximum Gasteiger partial charge on any atom is 0.136 e. The molecule has 2 aromatic heterocycles. The van der Waals surface area contributed by atoms with Crippen LogP contribution in [0.2, 0.25) is 0 Å². The van der Waals surface area contributed by atoms with Gasteiger partial charge in [0.05, 0.1) is 0 Å². The third-order valence-corrected chi connectivity index (χ3v) is 13.3. The number of hydrogen-bond donors (Lipinski definition) is 0. The molecule has 12 aromatic rings. The molecule has 0 spiro atoms. The molecule has 0 unspecified atom stereocenters. The molecule has 0 N–H and O–H groups in total. The normalized spacial score (nSPS) is 11.6. The van der Waals surface area contributed by atoms with E-state index in [1.807, 2.05) is 23.5 Å². The third kappa shape index (κ3) is 6.26. The van der Waals surface area contributed by atoms with Gasteiger partial charge in [-0.2, -0.15) is 0 Å². The Morgan fingerprint density at radius 3 is 1.70 bits per heavy atom. The van der Waals surface area contributed by atoms with Crippen LogP contribution in [0.4, 0.5) is 17.1 Å². The molecule has 0 aliphatic rings. The van der Waals surface area contributed by atoms with Crippen LogP contribution in [0.15, 0.2) is 229 Å². The summed E-state index contributed by atoms with van der Waals surface area (Å²) < 4.78 is 8.91. The average molecular weight is 796 g/mol. The zero-order chi connectivity index (χ0) is 40.3. The van der Waals surface area contributed by atoms with Crippen LogP contribution in [0, 0.1) is 0 Å². The first-order chi connectivity index (χ1) is 30.2. The minimum absolute atomic E-state index is 0.900. The lowest BCUT2D eigenvalue weighted by Crippen LogP contribution is -2.10. The van der Waals surface area contributed by atoms with Crippen LogP contribution in [-0.4, -0.2) is 0 Å². The van der Waals surface area contributed by atoms with Crippen LogP contribution in [0.1, 0.15) is 0 Å². The van der Waals surface area contributed by atoms with Crippen LogP contribution in [0.5, 0.6) is 0 Å². The van der Waals surface area contributed by atoms with E-state index >= 15 is 0 Å². The van der Waals surface area contributed by atoms with Crippen molar-refractivity contribution in [2.75, 3.05) is 4.90 Å². The van der Waals surface area contributed by atoms with Crippen molar-refractivity contribution in [3.05, 3.63) is 224 Å². The molecule has 2 heterocycles. The highest BCUT2D eigenvalue weighted by Gasteiger charge is 2.17. The molecule has 0 saturated carbocycles. The Bertz CT molecular complexity index is 3590. The van der Waals surface area contributed by atoms with Crippen molar-refractivity contribution in [2.24, 2.45) is 0 Å². The predicted octanol–water partition coefficient (Wildman–Crippen LogP) is 17.2. The molecule has 0 fully saturated rings. The lowest BCUT2D eigenvalue weighted by atomic mass is 9.97. The molecule has 0 amide bonds. The number of fused-ring (bicyclic) bond motifs is 7. The predicted molar refractivity (Wildman–Crippen MR) is 261 cm³/mol. The Morgan fingerprint density at radius 1 is 0.311 bits per heavy atom. The number of benzene rings is 10. The topological polar surface area (TPSA) is 16.4 Å². The van der Waals surface area contributed by atoms with E-state index in [9.17, 15) is 0 Å². The molecule has 0 bridgehead atoms. The van der Waals surface area contributed by atoms with E-state index in [0.717, 1.165) is 55.7 Å². The second-order valence-electron chi connectivity index (χ2n) is 15.7. The molecule has 0 aliphatic carbocycles. The fourth-order valence-electron chi connectivity index (χ4n) is 8.99. The summed E-state index contributed by atoms with van der Waals surface area (Å²) in [5, 5.41) is 7.40. The van der Waals surface area contributed by atoms with Crippen LogP contribution in [0.25, 0.3) is 97.4 Å². The van der Waals surface area contributed by atoms with Crippen molar-refractivity contribution >= 4 is 81.3 Å². The number of rotatable bonds is 7. The first kappa shape index (κ1) is 35.2. The molecule has 0 aliphatic heterocycles. The van der Waals surface area contributed by atoms with E-state index in [4.69, 9.17) is 4.42 Å². The van der Waals surface area contributed by atoms with Crippen molar-refractivity contribution in [3.63, 3.8) is 0 Å². The monoisotopic (exact) mass is 795 g/mol. The average Bonchev–Trinajstić information content (AvgIpc) is 3.90. The van der Waals surface area contributed by atoms with Gasteiger partial charge in [-0.15, -0.1) is 11.3 Å². The van der Waals surface area contributed by atoms with E-state index in [2.05, 4.69) is 217 Å². The number of thiophene rings is 1. The number of anilines is 3. The maximum absolute atomic E-state index is 6.26. The summed E-state index contributed by atoms with van der Waals surface area (Å²) in [5.74, 6) is 0. The van der Waals surface area contributed by atoms with Crippen molar-refractivity contribution in [1.82, 2.24) is 0 Å². The highest BCUT2D eigenvalue weighted by Crippen LogP contribution is 2.42. The molecule has 0 radical (unpaired) electrons. The van der Waals surface area contributed by atoms with Gasteiger partial charge in [-0.1, -0.05) is 152 Å². The Hall–Kier alpha value is -7.72. The van der Waals surface area contributed by atoms with Gasteiger partial charge in [-0.3, -0.25) is 0 Å². The van der Waals surface area contributed by atoms with E-state index in [-0.39, 0.29) is 0 Å². The maximum atomic E-state index is 6.26. The minimum atomic E-state index is 0.900. The standard InChI is InChI=1S/C58H37NOS/c1-2-11-41-34-44(23-22-38(41)10-1)39-24-29-47(30-25-39)59(48-31-26-40(27-32-48)45-28-33-52-51-16-3-5-20-55(51)60-56(52)37-45)49-15-8-13-43(36-49)42-12-7-14-46(35-42)50-18-9-19-54-53-17-4-6-21-57(53)61-58(50)54/h1-37H. The Morgan fingerprint density at radius 2 is 0.885 bits per heavy atom. The quantitative estimate of drug-likeness (QED) is 0.160. The van der Waals surface area contributed by atoms with Gasteiger partial charge >= 0.3 is 0 Å². The van der Waals surface area contributed by atoms with Crippen LogP contribution < -0.4 is 4.90 Å². The molecule has 2 nitrogen and oxygen atoms in total. The minimum Gasteiger partial charge on any atom is -0.456 e. The van der Waals surface area contributed by atoms with Gasteiger partial charge in [0.15, 0.2) is 0 Å². The van der Waals surface area contributed by atoms with Gasteiger partial charge < -0.3 is 9.32 Å². The van der Waals surface area contributed by atoms with Crippen molar-refractivity contribution in [3.8, 4) is 44.5 Å². The number of hydrogen-bond acceptors (Lipinski definition) is 3. The van der Waals surface area contributed by atoms with Crippen molar-refractivity contribution in [2.45, 2.75) is 0 Å². The van der Waals surface area contributed by atoms with E-state index < -0.39 is 0 Å². The molecular weight excluding hydrogens is 759 g/mol. The lowest BCUT2D eigenvalue weighted by molar-refractivity contribution is 0.669. The first-order valence-electron chi connectivity index (χ1n) is 20.7. The van der Waals surface area contributed by atoms with Gasteiger partial charge in [0, 0.05) is 48.0 Å². The highest BCUT2D eigenvalue weighted by atomic mass is 32.1. The van der Waals surface area contributed by atoms with E-state index in [1.54, 1.807) is 0 Å². The largest absolute Gasteiger partial charge is 0.456 e. The lowest BCUT2D eigenvalue weighted by Gasteiger charge is -2.26. The summed E-state index contributed by atoms with van der Waals surface area (Å²) in [6.45, 7) is 0. The van der Waals surface area contributed by atoms with Gasteiger partial charge in [-0.25, -0.2) is 0 Å². The summed E-state index contributed by atoms with van der Waals surface area (Å²) in [4.78, 5) is 2.36. The van der Waals surface area contributed by atoms with E-state index in [1.165, 1.54) is 58.8 Å². The molecule has 3 heteroatoms. The fraction of sp³-hybridized carbons (Fsp3) is 0. The molecule has 61 heavy (non-hydrogen) atoms. The first-order valence-corrected chi connectivity index (χ1v) is 21.5. The highest BCUT2D eigenvalue weighted by molar-refractivity contribution is 7.26. The van der Waals surface area contributed by atoms with Crippen LogP contribution >= 0.6 is 11.3 Å². The van der Waals surface area contributed by atoms with Crippen LogP contribution in [-0.2, 0) is 0 Å². The number of furan rings is 1. The smallest absolute Gasteiger partial charge is 0.136 e. The van der Waals surface area contributed by atoms with Crippen molar-refractivity contribution in [1.29, 1.82) is 0 Å². The summed E-state index contributed by atoms with van der Waals surface area (Å²) in [7, 11) is 0. The van der Waals surface area contributed by atoms with Crippen LogP contribution in [0.3, 0.4) is 0 Å². The van der Waals surface area contributed by atoms with Gasteiger partial charge in [0.2, 0.25) is 0 Å². The summed E-state index contributed by atoms with van der Waals surface area (Å²) in [5.41, 5.74) is 14.5. The SMILES string of the molecule is c1cc(-c2cccc(N(c3ccc(-c4ccc5ccccc5c4)cc3)c3ccc(-c4ccc5c(c4)oc4ccccc45)cc3)c2)cc(-c2cccc3c2sc2ccccc23)c1. The van der Waals surface area contributed by atoms with E-state index in [0.29, 0.717) is 0 Å². The molecular formula is C58H37NOS. The molecule has 0 atom stereocenters. The summed E-state index contributed by atoms with van der Waals surface area (Å²) in [6.07, 6.45) is 0.